The molecule has 2 atom stereocenters. The molecule has 10 heteroatoms. The van der Waals surface area contributed by atoms with Crippen LogP contribution in [0.1, 0.15) is 32.9 Å². The first-order chi connectivity index (χ1) is 17.7. The van der Waals surface area contributed by atoms with Crippen LogP contribution in [0.2, 0.25) is 10.0 Å². The van der Waals surface area contributed by atoms with Crippen LogP contribution in [-0.4, -0.2) is 44.1 Å². The fraction of sp³-hybridized carbons (Fsp3) is 0.222. The second-order valence-corrected chi connectivity index (χ2v) is 9.69. The molecule has 7 nitrogen and oxygen atoms in total. The lowest BCUT2D eigenvalue weighted by molar-refractivity contribution is -0.245. The number of amides is 1. The highest BCUT2D eigenvalue weighted by molar-refractivity contribution is 6.30. The first-order valence-corrected chi connectivity index (χ1v) is 12.2. The molecule has 0 spiro atoms. The molecule has 1 unspecified atom stereocenters. The quantitative estimate of drug-likeness (QED) is 0.329. The second kappa shape index (κ2) is 9.87. The number of hydrogen-bond donors (Lipinski definition) is 1. The van der Waals surface area contributed by atoms with Gasteiger partial charge in [-0.1, -0.05) is 41.4 Å². The third kappa shape index (κ3) is 4.51. The largest absolute Gasteiger partial charge is 0.387 e. The Morgan fingerprint density at radius 3 is 2.35 bits per heavy atom. The molecule has 0 saturated carbocycles. The molecule has 0 fully saturated rings. The van der Waals surface area contributed by atoms with Gasteiger partial charge in [0.2, 0.25) is 0 Å². The van der Waals surface area contributed by atoms with Gasteiger partial charge in [-0.15, -0.1) is 0 Å². The zero-order valence-electron chi connectivity index (χ0n) is 20.0. The molecular weight excluding hydrogens is 518 g/mol. The zero-order valence-corrected chi connectivity index (χ0v) is 21.5. The number of pyridine rings is 1. The number of rotatable bonds is 7. The number of fused-ring (bicyclic) bond motifs is 1. The van der Waals surface area contributed by atoms with Gasteiger partial charge in [-0.2, -0.15) is 10.2 Å². The van der Waals surface area contributed by atoms with Crippen LogP contribution in [-0.2, 0) is 30.5 Å². The van der Waals surface area contributed by atoms with Crippen molar-refractivity contribution in [2.24, 2.45) is 7.05 Å². The average Bonchev–Trinajstić information content (AvgIpc) is 3.39. The van der Waals surface area contributed by atoms with Crippen LogP contribution in [0.3, 0.4) is 0 Å². The Bertz CT molecular complexity index is 1460. The number of alkyl halides is 1. The van der Waals surface area contributed by atoms with E-state index in [1.165, 1.54) is 13.3 Å². The maximum Gasteiger partial charge on any atom is 0.281 e. The van der Waals surface area contributed by atoms with E-state index in [9.17, 15) is 9.90 Å². The number of benzene rings is 2. The van der Waals surface area contributed by atoms with Gasteiger partial charge in [0.15, 0.2) is 0 Å². The van der Waals surface area contributed by atoms with Gasteiger partial charge in [0, 0.05) is 48.6 Å². The Morgan fingerprint density at radius 1 is 1.03 bits per heavy atom. The molecule has 2 aromatic carbocycles. The summed E-state index contributed by atoms with van der Waals surface area (Å²) in [6.45, 7) is 0. The van der Waals surface area contributed by atoms with Gasteiger partial charge >= 0.3 is 0 Å². The minimum atomic E-state index is -2.69. The predicted molar refractivity (Wildman–Crippen MR) is 138 cm³/mol. The van der Waals surface area contributed by atoms with E-state index in [0.29, 0.717) is 37.6 Å². The number of hydrogen-bond acceptors (Lipinski definition) is 5. The summed E-state index contributed by atoms with van der Waals surface area (Å²) < 4.78 is 18.9. The third-order valence-corrected chi connectivity index (χ3v) is 6.95. The lowest BCUT2D eigenvalue weighted by Gasteiger charge is -2.34. The monoisotopic (exact) mass is 540 g/mol. The maximum absolute atomic E-state index is 17.3. The standard InChI is InChI=1S/C27H23Cl2FN4O3/c1-33-12-11-20(32-33)14-24(35)27(30)25-22(26(36)34(27)37-2)10-9-21(16-3-5-17(28)6-4-16)23(25)13-19-8-7-18(29)15-31-19/h3-12,15,24,35H,13-14H2,1-2H3/t24?,27-/m1/s1. The van der Waals surface area contributed by atoms with E-state index in [2.05, 4.69) is 10.1 Å². The smallest absolute Gasteiger partial charge is 0.281 e. The van der Waals surface area contributed by atoms with E-state index in [0.717, 1.165) is 5.56 Å². The van der Waals surface area contributed by atoms with Gasteiger partial charge in [-0.25, -0.2) is 4.39 Å². The highest BCUT2D eigenvalue weighted by Crippen LogP contribution is 2.48. The number of aliphatic hydroxyl groups is 1. The Morgan fingerprint density at radius 2 is 1.73 bits per heavy atom. The Balaban J connectivity index is 1.72. The van der Waals surface area contributed by atoms with Crippen molar-refractivity contribution < 1.29 is 19.1 Å². The molecule has 1 amide bonds. The molecule has 1 aliphatic heterocycles. The van der Waals surface area contributed by atoms with Crippen LogP contribution in [0.25, 0.3) is 11.1 Å². The zero-order chi connectivity index (χ0) is 26.3. The first-order valence-electron chi connectivity index (χ1n) is 11.5. The number of aliphatic hydroxyl groups excluding tert-OH is 1. The van der Waals surface area contributed by atoms with Gasteiger partial charge in [0.25, 0.3) is 11.7 Å². The van der Waals surface area contributed by atoms with Crippen molar-refractivity contribution in [1.82, 2.24) is 19.8 Å². The van der Waals surface area contributed by atoms with Crippen LogP contribution >= 0.6 is 23.2 Å². The van der Waals surface area contributed by atoms with Crippen LogP contribution in [0, 0.1) is 0 Å². The van der Waals surface area contributed by atoms with Gasteiger partial charge in [-0.3, -0.25) is 19.3 Å². The fourth-order valence-corrected chi connectivity index (χ4v) is 5.02. The molecular formula is C27H23Cl2FN4O3. The number of aryl methyl sites for hydroxylation is 1. The van der Waals surface area contributed by atoms with Crippen molar-refractivity contribution in [3.63, 3.8) is 0 Å². The van der Waals surface area contributed by atoms with Gasteiger partial charge in [0.1, 0.15) is 6.10 Å². The van der Waals surface area contributed by atoms with Crippen molar-refractivity contribution in [1.29, 1.82) is 0 Å². The Hall–Kier alpha value is -3.30. The van der Waals surface area contributed by atoms with E-state index in [1.54, 1.807) is 60.4 Å². The number of hydroxylamine groups is 2. The Kier molecular flexibility index (Phi) is 6.76. The molecule has 0 aliphatic carbocycles. The normalized spacial score (nSPS) is 17.8. The summed E-state index contributed by atoms with van der Waals surface area (Å²) in [6, 6.07) is 15.5. The van der Waals surface area contributed by atoms with Crippen molar-refractivity contribution in [2.45, 2.75) is 24.7 Å². The SMILES string of the molecule is CON1C(=O)c2ccc(-c3ccc(Cl)cc3)c(Cc3ccc(Cl)cn3)c2[C@@]1(F)C(O)Cc1ccn(C)n1. The van der Waals surface area contributed by atoms with Gasteiger partial charge in [0.05, 0.1) is 23.4 Å². The molecule has 190 valence electrons. The van der Waals surface area contributed by atoms with Gasteiger partial charge in [-0.05, 0) is 53.1 Å². The van der Waals surface area contributed by atoms with Crippen molar-refractivity contribution in [3.05, 3.63) is 105 Å². The number of carbonyl (C=O) groups excluding carboxylic acids is 1. The number of nitrogens with zero attached hydrogens (tertiary/aromatic N) is 4. The van der Waals surface area contributed by atoms with Crippen LogP contribution in [0.15, 0.2) is 67.0 Å². The van der Waals surface area contributed by atoms with Crippen LogP contribution in [0.4, 0.5) is 4.39 Å². The van der Waals surface area contributed by atoms with Crippen molar-refractivity contribution in [3.8, 4) is 11.1 Å². The minimum Gasteiger partial charge on any atom is -0.387 e. The molecule has 1 N–H and O–H groups in total. The van der Waals surface area contributed by atoms with E-state index in [1.807, 2.05) is 12.1 Å². The summed E-state index contributed by atoms with van der Waals surface area (Å²) in [5.41, 5.74) is 3.14. The van der Waals surface area contributed by atoms with Crippen molar-refractivity contribution >= 4 is 29.1 Å². The summed E-state index contributed by atoms with van der Waals surface area (Å²) in [5.74, 6) is -3.38. The fourth-order valence-electron chi connectivity index (χ4n) is 4.78. The highest BCUT2D eigenvalue weighted by Gasteiger charge is 2.58. The number of halogens is 3. The van der Waals surface area contributed by atoms with E-state index in [-0.39, 0.29) is 24.0 Å². The lowest BCUT2D eigenvalue weighted by atomic mass is 9.84. The molecule has 5 rings (SSSR count). The summed E-state index contributed by atoms with van der Waals surface area (Å²) in [6.07, 6.45) is 1.56. The third-order valence-electron chi connectivity index (χ3n) is 6.47. The number of carbonyl (C=O) groups is 1. The molecule has 37 heavy (non-hydrogen) atoms. The van der Waals surface area contributed by atoms with Crippen LogP contribution < -0.4 is 0 Å². The van der Waals surface area contributed by atoms with E-state index >= 15 is 4.39 Å². The van der Waals surface area contributed by atoms with Crippen molar-refractivity contribution in [2.75, 3.05) is 7.11 Å². The number of aromatic nitrogens is 3. The van der Waals surface area contributed by atoms with Gasteiger partial charge < -0.3 is 5.11 Å². The lowest BCUT2D eigenvalue weighted by Crippen LogP contribution is -2.49. The first kappa shape index (κ1) is 25.4. The predicted octanol–water partition coefficient (Wildman–Crippen LogP) is 5.12. The molecule has 3 heterocycles. The topological polar surface area (TPSA) is 80.5 Å². The second-order valence-electron chi connectivity index (χ2n) is 8.82. The molecule has 0 bridgehead atoms. The average molecular weight is 541 g/mol. The molecule has 0 saturated heterocycles. The maximum atomic E-state index is 17.3. The van der Waals surface area contributed by atoms with E-state index < -0.39 is 17.8 Å². The minimum absolute atomic E-state index is 0.0342. The van der Waals surface area contributed by atoms with E-state index in [4.69, 9.17) is 28.0 Å². The Labute approximate surface area is 223 Å². The summed E-state index contributed by atoms with van der Waals surface area (Å²) in [5, 5.41) is 17.2. The molecule has 4 aromatic rings. The molecule has 0 radical (unpaired) electrons. The van der Waals surface area contributed by atoms with Crippen LogP contribution in [0.5, 0.6) is 0 Å². The highest BCUT2D eigenvalue weighted by atomic mass is 35.5. The molecule has 1 aliphatic rings. The summed E-state index contributed by atoms with van der Waals surface area (Å²) >= 11 is 12.1. The molecule has 2 aromatic heterocycles. The summed E-state index contributed by atoms with van der Waals surface area (Å²) in [7, 11) is 2.93. The summed E-state index contributed by atoms with van der Waals surface area (Å²) in [4.78, 5) is 23.0.